The van der Waals surface area contributed by atoms with Crippen LogP contribution in [-0.4, -0.2) is 21.2 Å². The van der Waals surface area contributed by atoms with Crippen molar-refractivity contribution in [3.63, 3.8) is 0 Å². The zero-order chi connectivity index (χ0) is 15.6. The second-order valence-corrected chi connectivity index (χ2v) is 4.76. The number of rotatable bonds is 4. The Morgan fingerprint density at radius 2 is 1.86 bits per heavy atom. The lowest BCUT2D eigenvalue weighted by molar-refractivity contribution is 0.100. The number of primary amides is 1. The summed E-state index contributed by atoms with van der Waals surface area (Å²) in [6, 6.07) is 7.37. The largest absolute Gasteiger partial charge is 0.504 e. The molecule has 2 rings (SSSR count). The summed E-state index contributed by atoms with van der Waals surface area (Å²) >= 11 is 5.92. The lowest BCUT2D eigenvalue weighted by atomic mass is 10.1. The van der Waals surface area contributed by atoms with Gasteiger partial charge >= 0.3 is 0 Å². The molecule has 0 saturated carbocycles. The van der Waals surface area contributed by atoms with Crippen molar-refractivity contribution in [2.45, 2.75) is 6.54 Å². The molecule has 110 valence electrons. The van der Waals surface area contributed by atoms with Crippen LogP contribution in [0.4, 0.5) is 5.69 Å². The van der Waals surface area contributed by atoms with Gasteiger partial charge in [-0.1, -0.05) is 11.6 Å². The standard InChI is InChI=1S/C14H13ClN2O4/c15-10-5-8(2-3-9(10)14(16)21)17-6-7-1-4-11(18)13(20)12(7)19/h1-5,17-20H,6H2,(H2,16,21). The number of benzene rings is 2. The maximum Gasteiger partial charge on any atom is 0.250 e. The molecule has 0 fully saturated rings. The fraction of sp³-hybridized carbons (Fsp3) is 0.0714. The number of phenols is 3. The lowest BCUT2D eigenvalue weighted by Gasteiger charge is -2.11. The van der Waals surface area contributed by atoms with Crippen LogP contribution in [0.1, 0.15) is 15.9 Å². The highest BCUT2D eigenvalue weighted by Crippen LogP contribution is 2.37. The van der Waals surface area contributed by atoms with Gasteiger partial charge in [-0.25, -0.2) is 0 Å². The Labute approximate surface area is 125 Å². The van der Waals surface area contributed by atoms with E-state index in [9.17, 15) is 20.1 Å². The van der Waals surface area contributed by atoms with Crippen molar-refractivity contribution in [1.82, 2.24) is 0 Å². The van der Waals surface area contributed by atoms with Gasteiger partial charge in [0.25, 0.3) is 0 Å². The van der Waals surface area contributed by atoms with Crippen LogP contribution in [0.2, 0.25) is 5.02 Å². The highest BCUT2D eigenvalue weighted by molar-refractivity contribution is 6.34. The van der Waals surface area contributed by atoms with E-state index in [4.69, 9.17) is 17.3 Å². The van der Waals surface area contributed by atoms with Crippen LogP contribution in [-0.2, 0) is 6.54 Å². The summed E-state index contributed by atoms with van der Waals surface area (Å²) in [5.74, 6) is -1.99. The van der Waals surface area contributed by atoms with E-state index >= 15 is 0 Å². The third-order valence-electron chi connectivity index (χ3n) is 2.93. The molecule has 7 heteroatoms. The number of hydrogen-bond acceptors (Lipinski definition) is 5. The van der Waals surface area contributed by atoms with E-state index < -0.39 is 23.2 Å². The number of carbonyl (C=O) groups excluding carboxylic acids is 1. The summed E-state index contributed by atoms with van der Waals surface area (Å²) < 4.78 is 0. The number of halogens is 1. The Morgan fingerprint density at radius 3 is 2.48 bits per heavy atom. The summed E-state index contributed by atoms with van der Waals surface area (Å²) in [6.45, 7) is 0.186. The number of amides is 1. The zero-order valence-electron chi connectivity index (χ0n) is 10.8. The van der Waals surface area contributed by atoms with E-state index in [0.29, 0.717) is 11.3 Å². The van der Waals surface area contributed by atoms with Crippen molar-refractivity contribution < 1.29 is 20.1 Å². The SMILES string of the molecule is NC(=O)c1ccc(NCc2ccc(O)c(O)c2O)cc1Cl. The lowest BCUT2D eigenvalue weighted by Crippen LogP contribution is -2.11. The van der Waals surface area contributed by atoms with E-state index in [1.54, 1.807) is 6.07 Å². The minimum absolute atomic E-state index is 0.186. The first-order valence-electron chi connectivity index (χ1n) is 5.96. The van der Waals surface area contributed by atoms with Crippen molar-refractivity contribution in [3.05, 3.63) is 46.5 Å². The normalized spacial score (nSPS) is 10.3. The summed E-state index contributed by atoms with van der Waals surface area (Å²) in [5, 5.41) is 31.5. The average Bonchev–Trinajstić information content (AvgIpc) is 2.44. The van der Waals surface area contributed by atoms with E-state index in [0.717, 1.165) is 0 Å². The third-order valence-corrected chi connectivity index (χ3v) is 3.24. The molecule has 0 aliphatic carbocycles. The van der Waals surface area contributed by atoms with Gasteiger partial charge in [0.05, 0.1) is 10.6 Å². The fourth-order valence-corrected chi connectivity index (χ4v) is 2.05. The Kier molecular flexibility index (Phi) is 4.09. The first kappa shape index (κ1) is 14.8. The maximum atomic E-state index is 11.1. The van der Waals surface area contributed by atoms with Crippen molar-refractivity contribution in [2.24, 2.45) is 5.73 Å². The first-order valence-corrected chi connectivity index (χ1v) is 6.34. The van der Waals surface area contributed by atoms with Gasteiger partial charge in [-0.15, -0.1) is 0 Å². The molecule has 2 aromatic carbocycles. The minimum Gasteiger partial charge on any atom is -0.504 e. The Balaban J connectivity index is 2.15. The summed E-state index contributed by atoms with van der Waals surface area (Å²) in [5.41, 5.74) is 6.36. The van der Waals surface area contributed by atoms with E-state index in [-0.39, 0.29) is 17.1 Å². The Hall–Kier alpha value is -2.60. The zero-order valence-corrected chi connectivity index (χ0v) is 11.6. The van der Waals surface area contributed by atoms with Gasteiger partial charge in [0.2, 0.25) is 11.7 Å². The molecule has 0 heterocycles. The summed E-state index contributed by atoms with van der Waals surface area (Å²) in [4.78, 5) is 11.1. The molecule has 0 aliphatic heterocycles. The number of anilines is 1. The predicted molar refractivity (Wildman–Crippen MR) is 78.7 cm³/mol. The molecule has 21 heavy (non-hydrogen) atoms. The smallest absolute Gasteiger partial charge is 0.250 e. The van der Waals surface area contributed by atoms with Crippen LogP contribution in [0, 0.1) is 0 Å². The molecule has 0 radical (unpaired) electrons. The maximum absolute atomic E-state index is 11.1. The van der Waals surface area contributed by atoms with Gasteiger partial charge in [-0.2, -0.15) is 0 Å². The predicted octanol–water partition coefficient (Wildman–Crippen LogP) is 2.17. The average molecular weight is 309 g/mol. The van der Waals surface area contributed by atoms with Crippen LogP contribution in [0.5, 0.6) is 17.2 Å². The number of hydrogen-bond donors (Lipinski definition) is 5. The fourth-order valence-electron chi connectivity index (χ4n) is 1.78. The van der Waals surface area contributed by atoms with Crippen LogP contribution in [0.15, 0.2) is 30.3 Å². The monoisotopic (exact) mass is 308 g/mol. The second kappa shape index (κ2) is 5.80. The number of aromatic hydroxyl groups is 3. The molecule has 0 spiro atoms. The highest BCUT2D eigenvalue weighted by atomic mass is 35.5. The molecular formula is C14H13ClN2O4. The molecule has 0 bridgehead atoms. The topological polar surface area (TPSA) is 116 Å². The minimum atomic E-state index is -0.618. The van der Waals surface area contributed by atoms with Gasteiger partial charge in [0.15, 0.2) is 11.5 Å². The van der Waals surface area contributed by atoms with E-state index in [1.807, 2.05) is 0 Å². The molecule has 0 aromatic heterocycles. The van der Waals surface area contributed by atoms with Crippen LogP contribution in [0.3, 0.4) is 0 Å². The molecule has 6 N–H and O–H groups in total. The number of nitrogens with one attached hydrogen (secondary N) is 1. The molecule has 0 aliphatic rings. The quantitative estimate of drug-likeness (QED) is 0.555. The molecular weight excluding hydrogens is 296 g/mol. The molecule has 0 unspecified atom stereocenters. The molecule has 6 nitrogen and oxygen atoms in total. The number of phenolic OH excluding ortho intramolecular Hbond substituents is 3. The number of carbonyl (C=O) groups is 1. The van der Waals surface area contributed by atoms with E-state index in [2.05, 4.69) is 5.32 Å². The van der Waals surface area contributed by atoms with Crippen molar-refractivity contribution in [2.75, 3.05) is 5.32 Å². The first-order chi connectivity index (χ1) is 9.90. The van der Waals surface area contributed by atoms with Gasteiger partial charge in [-0.05, 0) is 30.3 Å². The second-order valence-electron chi connectivity index (χ2n) is 4.35. The Bertz CT molecular complexity index is 704. The van der Waals surface area contributed by atoms with Crippen LogP contribution in [0.25, 0.3) is 0 Å². The van der Waals surface area contributed by atoms with Gasteiger partial charge < -0.3 is 26.4 Å². The van der Waals surface area contributed by atoms with Crippen LogP contribution >= 0.6 is 11.6 Å². The summed E-state index contributed by atoms with van der Waals surface area (Å²) in [6.07, 6.45) is 0. The van der Waals surface area contributed by atoms with Gasteiger partial charge in [-0.3, -0.25) is 4.79 Å². The summed E-state index contributed by atoms with van der Waals surface area (Å²) in [7, 11) is 0. The van der Waals surface area contributed by atoms with Crippen LogP contribution < -0.4 is 11.1 Å². The van der Waals surface area contributed by atoms with E-state index in [1.165, 1.54) is 24.3 Å². The molecule has 0 atom stereocenters. The highest BCUT2D eigenvalue weighted by Gasteiger charge is 2.11. The van der Waals surface area contributed by atoms with Gasteiger partial charge in [0.1, 0.15) is 0 Å². The molecule has 0 saturated heterocycles. The number of nitrogens with two attached hydrogens (primary N) is 1. The van der Waals surface area contributed by atoms with Crippen molar-refractivity contribution >= 4 is 23.2 Å². The third kappa shape index (κ3) is 3.11. The Morgan fingerprint density at radius 1 is 1.14 bits per heavy atom. The van der Waals surface area contributed by atoms with Crippen molar-refractivity contribution in [3.8, 4) is 17.2 Å². The van der Waals surface area contributed by atoms with Gasteiger partial charge in [0, 0.05) is 17.8 Å². The molecule has 2 aromatic rings. The van der Waals surface area contributed by atoms with Crippen molar-refractivity contribution in [1.29, 1.82) is 0 Å². The molecule has 1 amide bonds.